The molecule has 0 aliphatic heterocycles. The predicted molar refractivity (Wildman–Crippen MR) is 78.6 cm³/mol. The minimum absolute atomic E-state index is 0.186. The van der Waals surface area contributed by atoms with Crippen molar-refractivity contribution in [2.24, 2.45) is 11.8 Å². The lowest BCUT2D eigenvalue weighted by Crippen LogP contribution is -2.22. The Kier molecular flexibility index (Phi) is 4.44. The number of carbonyl (C=O) groups is 1. The Morgan fingerprint density at radius 2 is 2.00 bits per heavy atom. The Balaban J connectivity index is 2.10. The van der Waals surface area contributed by atoms with Gasteiger partial charge in [0.25, 0.3) is 0 Å². The smallest absolute Gasteiger partial charge is 0.167 e. The number of Topliss-reactive ketones (excluding diaryl/α,β-unsaturated/α-hetero) is 1. The van der Waals surface area contributed by atoms with Crippen LogP contribution in [0.1, 0.15) is 49.4 Å². The molecule has 0 unspecified atom stereocenters. The highest BCUT2D eigenvalue weighted by Gasteiger charge is 2.27. The topological polar surface area (TPSA) is 43.1 Å². The van der Waals surface area contributed by atoms with Crippen molar-refractivity contribution in [3.05, 3.63) is 28.2 Å². The standard InChI is InChI=1S/C15H20BrNO/c1-2-10-3-5-11(6-4-10)15(18)13-9-12(17)7-8-14(13)16/h7-11H,2-6,17H2,1H3. The molecule has 3 heteroatoms. The van der Waals surface area contributed by atoms with Gasteiger partial charge in [-0.1, -0.05) is 29.3 Å². The summed E-state index contributed by atoms with van der Waals surface area (Å²) in [6.07, 6.45) is 5.67. The van der Waals surface area contributed by atoms with Gasteiger partial charge < -0.3 is 5.73 Å². The quantitative estimate of drug-likeness (QED) is 0.663. The molecule has 0 heterocycles. The Hall–Kier alpha value is -0.830. The van der Waals surface area contributed by atoms with Crippen LogP contribution in [0.5, 0.6) is 0 Å². The molecule has 0 aromatic heterocycles. The van der Waals surface area contributed by atoms with Crippen LogP contribution in [0.3, 0.4) is 0 Å². The van der Waals surface area contributed by atoms with E-state index in [1.165, 1.54) is 19.3 Å². The zero-order chi connectivity index (χ0) is 13.1. The Morgan fingerprint density at radius 1 is 1.33 bits per heavy atom. The molecule has 0 radical (unpaired) electrons. The van der Waals surface area contributed by atoms with Gasteiger partial charge in [-0.15, -0.1) is 0 Å². The van der Waals surface area contributed by atoms with Crippen molar-refractivity contribution < 1.29 is 4.79 Å². The lowest BCUT2D eigenvalue weighted by Gasteiger charge is -2.27. The lowest BCUT2D eigenvalue weighted by atomic mass is 9.78. The average molecular weight is 310 g/mol. The lowest BCUT2D eigenvalue weighted by molar-refractivity contribution is 0.0870. The third-order valence-electron chi connectivity index (χ3n) is 4.05. The van der Waals surface area contributed by atoms with Crippen molar-refractivity contribution >= 4 is 27.4 Å². The average Bonchev–Trinajstić information content (AvgIpc) is 2.41. The molecular formula is C15H20BrNO. The fourth-order valence-corrected chi connectivity index (χ4v) is 3.23. The normalized spacial score (nSPS) is 23.9. The predicted octanol–water partition coefficient (Wildman–Crippen LogP) is 4.43. The van der Waals surface area contributed by atoms with Gasteiger partial charge in [0.15, 0.2) is 5.78 Å². The molecule has 1 aromatic carbocycles. The van der Waals surface area contributed by atoms with Crippen LogP contribution in [-0.2, 0) is 0 Å². The van der Waals surface area contributed by atoms with Crippen molar-refractivity contribution in [2.75, 3.05) is 5.73 Å². The van der Waals surface area contributed by atoms with Gasteiger partial charge in [-0.2, -0.15) is 0 Å². The van der Waals surface area contributed by atoms with Crippen LogP contribution < -0.4 is 5.73 Å². The molecule has 0 amide bonds. The maximum absolute atomic E-state index is 12.5. The van der Waals surface area contributed by atoms with E-state index in [9.17, 15) is 4.79 Å². The van der Waals surface area contributed by atoms with Gasteiger partial charge in [-0.3, -0.25) is 4.79 Å². The molecule has 2 N–H and O–H groups in total. The summed E-state index contributed by atoms with van der Waals surface area (Å²) in [6, 6.07) is 5.47. The van der Waals surface area contributed by atoms with Crippen molar-refractivity contribution in [1.82, 2.24) is 0 Å². The van der Waals surface area contributed by atoms with E-state index in [0.717, 1.165) is 28.8 Å². The fourth-order valence-electron chi connectivity index (χ4n) is 2.78. The zero-order valence-electron chi connectivity index (χ0n) is 10.8. The summed E-state index contributed by atoms with van der Waals surface area (Å²) in [7, 11) is 0. The second-order valence-corrected chi connectivity index (χ2v) is 6.08. The number of hydrogen-bond acceptors (Lipinski definition) is 2. The van der Waals surface area contributed by atoms with Crippen LogP contribution in [0, 0.1) is 11.8 Å². The summed E-state index contributed by atoms with van der Waals surface area (Å²) < 4.78 is 0.860. The second-order valence-electron chi connectivity index (χ2n) is 5.23. The molecular weight excluding hydrogens is 290 g/mol. The highest BCUT2D eigenvalue weighted by Crippen LogP contribution is 2.34. The highest BCUT2D eigenvalue weighted by molar-refractivity contribution is 9.10. The van der Waals surface area contributed by atoms with Crippen molar-refractivity contribution in [3.63, 3.8) is 0 Å². The van der Waals surface area contributed by atoms with Gasteiger partial charge in [-0.05, 0) is 49.8 Å². The Bertz CT molecular complexity index is 436. The molecule has 1 aliphatic rings. The van der Waals surface area contributed by atoms with Crippen LogP contribution in [0.2, 0.25) is 0 Å². The molecule has 2 nitrogen and oxygen atoms in total. The van der Waals surface area contributed by atoms with Gasteiger partial charge in [0.2, 0.25) is 0 Å². The Labute approximate surface area is 117 Å². The maximum Gasteiger partial charge on any atom is 0.167 e. The van der Waals surface area contributed by atoms with E-state index in [-0.39, 0.29) is 11.7 Å². The first-order valence-corrected chi connectivity index (χ1v) is 7.50. The van der Waals surface area contributed by atoms with E-state index in [0.29, 0.717) is 5.69 Å². The summed E-state index contributed by atoms with van der Waals surface area (Å²) >= 11 is 3.45. The second kappa shape index (κ2) is 5.87. The first-order valence-electron chi connectivity index (χ1n) is 6.71. The third-order valence-corrected chi connectivity index (χ3v) is 4.74. The number of nitrogen functional groups attached to an aromatic ring is 1. The van der Waals surface area contributed by atoms with Crippen molar-refractivity contribution in [1.29, 1.82) is 0 Å². The number of carbonyl (C=O) groups excluding carboxylic acids is 1. The van der Waals surface area contributed by atoms with Crippen LogP contribution >= 0.6 is 15.9 Å². The molecule has 0 saturated heterocycles. The first-order chi connectivity index (χ1) is 8.61. The monoisotopic (exact) mass is 309 g/mol. The molecule has 0 bridgehead atoms. The maximum atomic E-state index is 12.5. The number of ketones is 1. The minimum Gasteiger partial charge on any atom is -0.399 e. The molecule has 1 fully saturated rings. The van der Waals surface area contributed by atoms with Gasteiger partial charge in [0, 0.05) is 21.6 Å². The van der Waals surface area contributed by atoms with Gasteiger partial charge in [0.1, 0.15) is 0 Å². The first kappa shape index (κ1) is 13.6. The van der Waals surface area contributed by atoms with E-state index in [4.69, 9.17) is 5.73 Å². The molecule has 98 valence electrons. The number of benzene rings is 1. The van der Waals surface area contributed by atoms with Crippen LogP contribution in [-0.4, -0.2) is 5.78 Å². The summed E-state index contributed by atoms with van der Waals surface area (Å²) in [4.78, 5) is 12.5. The molecule has 18 heavy (non-hydrogen) atoms. The Morgan fingerprint density at radius 3 is 2.61 bits per heavy atom. The molecule has 1 aliphatic carbocycles. The van der Waals surface area contributed by atoms with Crippen LogP contribution in [0.15, 0.2) is 22.7 Å². The molecule has 1 saturated carbocycles. The third kappa shape index (κ3) is 2.94. The summed E-state index contributed by atoms with van der Waals surface area (Å²) in [5.41, 5.74) is 7.17. The molecule has 0 atom stereocenters. The van der Waals surface area contributed by atoms with Crippen molar-refractivity contribution in [2.45, 2.75) is 39.0 Å². The largest absolute Gasteiger partial charge is 0.399 e. The summed E-state index contributed by atoms with van der Waals surface area (Å²) in [5.74, 6) is 1.26. The van der Waals surface area contributed by atoms with Gasteiger partial charge in [0.05, 0.1) is 0 Å². The number of halogens is 1. The van der Waals surface area contributed by atoms with Gasteiger partial charge in [-0.25, -0.2) is 0 Å². The van der Waals surface area contributed by atoms with E-state index in [2.05, 4.69) is 22.9 Å². The molecule has 1 aromatic rings. The minimum atomic E-state index is 0.186. The fraction of sp³-hybridized carbons (Fsp3) is 0.533. The van der Waals surface area contributed by atoms with E-state index in [1.54, 1.807) is 6.07 Å². The summed E-state index contributed by atoms with van der Waals surface area (Å²) in [5, 5.41) is 0. The highest BCUT2D eigenvalue weighted by atomic mass is 79.9. The molecule has 2 rings (SSSR count). The van der Waals surface area contributed by atoms with Crippen molar-refractivity contribution in [3.8, 4) is 0 Å². The summed E-state index contributed by atoms with van der Waals surface area (Å²) in [6.45, 7) is 2.24. The van der Waals surface area contributed by atoms with E-state index < -0.39 is 0 Å². The number of nitrogens with two attached hydrogens (primary N) is 1. The van der Waals surface area contributed by atoms with Crippen LogP contribution in [0.25, 0.3) is 0 Å². The number of anilines is 1. The van der Waals surface area contributed by atoms with Crippen LogP contribution in [0.4, 0.5) is 5.69 Å². The molecule has 0 spiro atoms. The van der Waals surface area contributed by atoms with Gasteiger partial charge >= 0.3 is 0 Å². The van der Waals surface area contributed by atoms with E-state index in [1.807, 2.05) is 12.1 Å². The van der Waals surface area contributed by atoms with E-state index >= 15 is 0 Å². The SMILES string of the molecule is CCC1CCC(C(=O)c2cc(N)ccc2Br)CC1. The zero-order valence-corrected chi connectivity index (χ0v) is 12.4. The number of rotatable bonds is 3. The number of hydrogen-bond donors (Lipinski definition) is 1.